The molecule has 23 heavy (non-hydrogen) atoms. The van der Waals surface area contributed by atoms with Gasteiger partial charge < -0.3 is 5.32 Å². The van der Waals surface area contributed by atoms with E-state index in [-0.39, 0.29) is 5.91 Å². The molecule has 0 radical (unpaired) electrons. The third-order valence-electron chi connectivity index (χ3n) is 3.50. The molecule has 0 spiro atoms. The molecule has 0 atom stereocenters. The van der Waals surface area contributed by atoms with E-state index < -0.39 is 0 Å². The first kappa shape index (κ1) is 15.4. The van der Waals surface area contributed by atoms with E-state index in [1.165, 1.54) is 0 Å². The van der Waals surface area contributed by atoms with Crippen LogP contribution >= 0.6 is 15.9 Å². The molecule has 1 N–H and O–H groups in total. The van der Waals surface area contributed by atoms with Crippen molar-refractivity contribution in [2.75, 3.05) is 5.32 Å². The number of carbonyl (C=O) groups excluding carboxylic acids is 1. The van der Waals surface area contributed by atoms with Gasteiger partial charge in [-0.1, -0.05) is 15.9 Å². The van der Waals surface area contributed by atoms with Crippen molar-refractivity contribution in [2.24, 2.45) is 0 Å². The molecule has 3 aromatic rings. The molecule has 2 aromatic heterocycles. The number of hydrogen-bond donors (Lipinski definition) is 1. The Balaban J connectivity index is 1.97. The number of anilines is 1. The lowest BCUT2D eigenvalue weighted by molar-refractivity contribution is 0.102. The molecule has 0 saturated carbocycles. The summed E-state index contributed by atoms with van der Waals surface area (Å²) < 4.78 is 4.43. The van der Waals surface area contributed by atoms with Crippen molar-refractivity contribution in [3.05, 3.63) is 52.7 Å². The van der Waals surface area contributed by atoms with Crippen molar-refractivity contribution in [3.8, 4) is 5.82 Å². The lowest BCUT2D eigenvalue weighted by Gasteiger charge is -2.07. The van der Waals surface area contributed by atoms with E-state index in [1.54, 1.807) is 29.4 Å². The van der Waals surface area contributed by atoms with Gasteiger partial charge in [0.2, 0.25) is 0 Å². The maximum Gasteiger partial charge on any atom is 0.255 e. The summed E-state index contributed by atoms with van der Waals surface area (Å²) in [5, 5.41) is 15.0. The third-order valence-corrected chi connectivity index (χ3v) is 4.02. The van der Waals surface area contributed by atoms with E-state index in [0.29, 0.717) is 23.6 Å². The molecule has 0 aliphatic heterocycles. The Kier molecular flexibility index (Phi) is 4.24. The van der Waals surface area contributed by atoms with Gasteiger partial charge in [0.25, 0.3) is 5.91 Å². The summed E-state index contributed by atoms with van der Waals surface area (Å²) in [7, 11) is 0. The first-order chi connectivity index (χ1) is 11.1. The average molecular weight is 375 g/mol. The number of aryl methyl sites for hydroxylation is 1. The molecule has 1 aromatic carbocycles. The number of rotatable bonds is 4. The molecular formula is C15H15BrN6O. The highest BCUT2D eigenvalue weighted by Gasteiger charge is 2.18. The largest absolute Gasteiger partial charge is 0.317 e. The predicted octanol–water partition coefficient (Wildman–Crippen LogP) is 2.81. The topological polar surface area (TPSA) is 77.6 Å². The highest BCUT2D eigenvalue weighted by Crippen LogP contribution is 2.24. The zero-order valence-electron chi connectivity index (χ0n) is 12.7. The quantitative estimate of drug-likeness (QED) is 0.761. The standard InChI is InChI=1S/C15H15BrN6O/c1-3-22-10(2)13(14(20-22)21-8-17-18-9-21)19-15(23)11-4-6-12(16)7-5-11/h4-9H,3H2,1-2H3,(H,19,23). The van der Waals surface area contributed by atoms with E-state index in [9.17, 15) is 4.79 Å². The Bertz CT molecular complexity index is 823. The molecule has 0 bridgehead atoms. The highest BCUT2D eigenvalue weighted by molar-refractivity contribution is 9.10. The van der Waals surface area contributed by atoms with Gasteiger partial charge in [0.1, 0.15) is 18.3 Å². The van der Waals surface area contributed by atoms with Gasteiger partial charge in [-0.15, -0.1) is 10.2 Å². The normalized spacial score (nSPS) is 10.7. The second-order valence-electron chi connectivity index (χ2n) is 4.93. The minimum absolute atomic E-state index is 0.189. The Hall–Kier alpha value is -2.48. The number of carbonyl (C=O) groups is 1. The first-order valence-electron chi connectivity index (χ1n) is 7.09. The maximum atomic E-state index is 12.5. The summed E-state index contributed by atoms with van der Waals surface area (Å²) in [6.45, 7) is 4.62. The van der Waals surface area contributed by atoms with Gasteiger partial charge in [0.15, 0.2) is 5.82 Å². The van der Waals surface area contributed by atoms with Crippen molar-refractivity contribution >= 4 is 27.5 Å². The van der Waals surface area contributed by atoms with Crippen LogP contribution in [0, 0.1) is 6.92 Å². The maximum absolute atomic E-state index is 12.5. The fraction of sp³-hybridized carbons (Fsp3) is 0.200. The van der Waals surface area contributed by atoms with Crippen LogP contribution in [0.1, 0.15) is 23.0 Å². The van der Waals surface area contributed by atoms with E-state index in [2.05, 4.69) is 36.5 Å². The minimum atomic E-state index is -0.189. The fourth-order valence-electron chi connectivity index (χ4n) is 2.26. The van der Waals surface area contributed by atoms with Gasteiger partial charge in [-0.2, -0.15) is 5.10 Å². The van der Waals surface area contributed by atoms with Crippen LogP contribution in [0.3, 0.4) is 0 Å². The lowest BCUT2D eigenvalue weighted by Crippen LogP contribution is -2.13. The second kappa shape index (κ2) is 6.33. The van der Waals surface area contributed by atoms with E-state index >= 15 is 0 Å². The van der Waals surface area contributed by atoms with Gasteiger partial charge in [0, 0.05) is 16.6 Å². The Morgan fingerprint density at radius 3 is 2.48 bits per heavy atom. The van der Waals surface area contributed by atoms with Crippen molar-refractivity contribution in [1.82, 2.24) is 24.5 Å². The van der Waals surface area contributed by atoms with Crippen LogP contribution in [-0.4, -0.2) is 30.5 Å². The van der Waals surface area contributed by atoms with Crippen LogP contribution in [0.4, 0.5) is 5.69 Å². The molecule has 8 heteroatoms. The van der Waals surface area contributed by atoms with E-state index in [4.69, 9.17) is 0 Å². The summed E-state index contributed by atoms with van der Waals surface area (Å²) in [4.78, 5) is 12.5. The number of nitrogens with zero attached hydrogens (tertiary/aromatic N) is 5. The molecule has 118 valence electrons. The van der Waals surface area contributed by atoms with E-state index in [0.717, 1.165) is 10.2 Å². The van der Waals surface area contributed by atoms with Gasteiger partial charge in [-0.25, -0.2) is 0 Å². The number of benzene rings is 1. The summed E-state index contributed by atoms with van der Waals surface area (Å²) in [6, 6.07) is 7.19. The lowest BCUT2D eigenvalue weighted by atomic mass is 10.2. The monoisotopic (exact) mass is 374 g/mol. The molecule has 2 heterocycles. The second-order valence-corrected chi connectivity index (χ2v) is 5.85. The number of hydrogen-bond acceptors (Lipinski definition) is 4. The van der Waals surface area contributed by atoms with Crippen LogP contribution in [-0.2, 0) is 6.54 Å². The third kappa shape index (κ3) is 3.02. The first-order valence-corrected chi connectivity index (χ1v) is 7.88. The minimum Gasteiger partial charge on any atom is -0.317 e. The molecule has 0 aliphatic rings. The van der Waals surface area contributed by atoms with Crippen LogP contribution in [0.2, 0.25) is 0 Å². The number of amides is 1. The Morgan fingerprint density at radius 1 is 1.22 bits per heavy atom. The number of aromatic nitrogens is 5. The van der Waals surface area contributed by atoms with Crippen LogP contribution in [0.5, 0.6) is 0 Å². The Morgan fingerprint density at radius 2 is 1.87 bits per heavy atom. The highest BCUT2D eigenvalue weighted by atomic mass is 79.9. The molecule has 3 rings (SSSR count). The van der Waals surface area contributed by atoms with Crippen LogP contribution in [0.25, 0.3) is 5.82 Å². The average Bonchev–Trinajstić information content (AvgIpc) is 3.17. The molecular weight excluding hydrogens is 360 g/mol. The van der Waals surface area contributed by atoms with Gasteiger partial charge in [0.05, 0.1) is 5.69 Å². The molecule has 0 saturated heterocycles. The fourth-order valence-corrected chi connectivity index (χ4v) is 2.53. The summed E-state index contributed by atoms with van der Waals surface area (Å²) in [6.07, 6.45) is 3.11. The number of nitrogens with one attached hydrogen (secondary N) is 1. The smallest absolute Gasteiger partial charge is 0.255 e. The molecule has 1 amide bonds. The molecule has 7 nitrogen and oxygen atoms in total. The van der Waals surface area contributed by atoms with Gasteiger partial charge >= 0.3 is 0 Å². The predicted molar refractivity (Wildman–Crippen MR) is 89.7 cm³/mol. The van der Waals surface area contributed by atoms with Crippen LogP contribution in [0.15, 0.2) is 41.4 Å². The van der Waals surface area contributed by atoms with Crippen molar-refractivity contribution in [2.45, 2.75) is 20.4 Å². The van der Waals surface area contributed by atoms with Crippen molar-refractivity contribution in [1.29, 1.82) is 0 Å². The Labute approximate surface area is 141 Å². The van der Waals surface area contributed by atoms with Crippen LogP contribution < -0.4 is 5.32 Å². The molecule has 0 fully saturated rings. The summed E-state index contributed by atoms with van der Waals surface area (Å²) >= 11 is 3.36. The van der Waals surface area contributed by atoms with Crippen molar-refractivity contribution < 1.29 is 4.79 Å². The summed E-state index contributed by atoms with van der Waals surface area (Å²) in [5.41, 5.74) is 2.10. The van der Waals surface area contributed by atoms with E-state index in [1.807, 2.05) is 30.7 Å². The SMILES string of the molecule is CCn1nc(-n2cnnc2)c(NC(=O)c2ccc(Br)cc2)c1C. The number of halogens is 1. The summed E-state index contributed by atoms with van der Waals surface area (Å²) in [5.74, 6) is 0.408. The van der Waals surface area contributed by atoms with Crippen molar-refractivity contribution in [3.63, 3.8) is 0 Å². The molecule has 0 unspecified atom stereocenters. The van der Waals surface area contributed by atoms with Gasteiger partial charge in [-0.05, 0) is 38.1 Å². The molecule has 0 aliphatic carbocycles. The van der Waals surface area contributed by atoms with Gasteiger partial charge in [-0.3, -0.25) is 14.0 Å². The zero-order valence-corrected chi connectivity index (χ0v) is 14.3. The zero-order chi connectivity index (χ0) is 16.4.